The Morgan fingerprint density at radius 1 is 0.923 bits per heavy atom. The molecule has 1 aromatic heterocycles. The third-order valence-corrected chi connectivity index (χ3v) is 6.93. The van der Waals surface area contributed by atoms with Gasteiger partial charge in [0.25, 0.3) is 0 Å². The van der Waals surface area contributed by atoms with Crippen LogP contribution in [0.1, 0.15) is 55.4 Å². The summed E-state index contributed by atoms with van der Waals surface area (Å²) in [5.41, 5.74) is 2.09. The van der Waals surface area contributed by atoms with Crippen molar-refractivity contribution in [1.29, 1.82) is 5.26 Å². The van der Waals surface area contributed by atoms with E-state index in [0.717, 1.165) is 22.6 Å². The molecule has 39 heavy (non-hydrogen) atoms. The number of nitriles is 1. The first kappa shape index (κ1) is 29.1. The maximum absolute atomic E-state index is 13.1. The Balaban J connectivity index is 1.76. The highest BCUT2D eigenvalue weighted by molar-refractivity contribution is 7.14. The van der Waals surface area contributed by atoms with Crippen LogP contribution in [0.25, 0.3) is 6.08 Å². The molecule has 0 aliphatic heterocycles. The molecule has 0 bridgehead atoms. The lowest BCUT2D eigenvalue weighted by Gasteiger charge is -2.07. The average Bonchev–Trinajstić information content (AvgIpc) is 3.27. The second kappa shape index (κ2) is 13.9. The largest absolute Gasteiger partial charge is 0.497 e. The standard InChI is InChI=1S/C30H29NO7S/c1-5-36-29(33)27-19(3)28(30(34)37-6-2)39-26(27)16-25(32)22(17-31)15-20-7-13-24(14-8-20)38-18-21-9-11-23(35-4)12-10-21/h7-15H,5-6,16,18H2,1-4H3/b22-15+. The van der Waals surface area contributed by atoms with Crippen molar-refractivity contribution >= 4 is 35.1 Å². The summed E-state index contributed by atoms with van der Waals surface area (Å²) in [5.74, 6) is -0.289. The van der Waals surface area contributed by atoms with Crippen molar-refractivity contribution in [2.24, 2.45) is 0 Å². The summed E-state index contributed by atoms with van der Waals surface area (Å²) in [5, 5.41) is 9.68. The molecule has 0 spiro atoms. The zero-order valence-corrected chi connectivity index (χ0v) is 23.1. The molecule has 1 heterocycles. The number of thiophene rings is 1. The van der Waals surface area contributed by atoms with Crippen LogP contribution < -0.4 is 9.47 Å². The van der Waals surface area contributed by atoms with Gasteiger partial charge in [0.2, 0.25) is 0 Å². The van der Waals surface area contributed by atoms with Crippen LogP contribution >= 0.6 is 11.3 Å². The van der Waals surface area contributed by atoms with E-state index < -0.39 is 17.7 Å². The van der Waals surface area contributed by atoms with E-state index in [1.54, 1.807) is 52.1 Å². The Labute approximate surface area is 231 Å². The molecule has 0 atom stereocenters. The highest BCUT2D eigenvalue weighted by Gasteiger charge is 2.28. The van der Waals surface area contributed by atoms with Gasteiger partial charge in [-0.1, -0.05) is 24.3 Å². The van der Waals surface area contributed by atoms with E-state index in [0.29, 0.717) is 28.4 Å². The highest BCUT2D eigenvalue weighted by Crippen LogP contribution is 2.31. The Kier molecular flexibility index (Phi) is 10.4. The van der Waals surface area contributed by atoms with Gasteiger partial charge in [-0.3, -0.25) is 4.79 Å². The lowest BCUT2D eigenvalue weighted by molar-refractivity contribution is -0.114. The van der Waals surface area contributed by atoms with E-state index in [9.17, 15) is 19.6 Å². The maximum atomic E-state index is 13.1. The molecule has 0 saturated heterocycles. The Hall–Kier alpha value is -4.42. The molecule has 3 rings (SSSR count). The van der Waals surface area contributed by atoms with Crippen LogP contribution in [-0.4, -0.2) is 38.0 Å². The number of nitrogens with zero attached hydrogens (tertiary/aromatic N) is 1. The monoisotopic (exact) mass is 547 g/mol. The minimum Gasteiger partial charge on any atom is -0.497 e. The molecule has 9 heteroatoms. The van der Waals surface area contributed by atoms with E-state index in [4.69, 9.17) is 18.9 Å². The van der Waals surface area contributed by atoms with Gasteiger partial charge in [-0.05, 0) is 67.8 Å². The molecule has 0 aliphatic carbocycles. The molecule has 202 valence electrons. The van der Waals surface area contributed by atoms with Crippen LogP contribution in [-0.2, 0) is 27.3 Å². The van der Waals surface area contributed by atoms with Gasteiger partial charge in [0.1, 0.15) is 29.1 Å². The predicted molar refractivity (Wildman–Crippen MR) is 147 cm³/mol. The zero-order valence-electron chi connectivity index (χ0n) is 22.2. The number of hydrogen-bond donors (Lipinski definition) is 0. The molecule has 0 amide bonds. The number of benzene rings is 2. The number of carbonyl (C=O) groups excluding carboxylic acids is 3. The topological polar surface area (TPSA) is 112 Å². The number of ether oxygens (including phenoxy) is 4. The normalized spacial score (nSPS) is 10.9. The molecule has 0 unspecified atom stereocenters. The molecule has 3 aromatic rings. The summed E-state index contributed by atoms with van der Waals surface area (Å²) in [7, 11) is 1.61. The Morgan fingerprint density at radius 3 is 2.13 bits per heavy atom. The first-order valence-electron chi connectivity index (χ1n) is 12.3. The fourth-order valence-electron chi connectivity index (χ4n) is 3.69. The van der Waals surface area contributed by atoms with E-state index in [1.165, 1.54) is 6.08 Å². The number of ketones is 1. The van der Waals surface area contributed by atoms with Gasteiger partial charge in [-0.2, -0.15) is 5.26 Å². The van der Waals surface area contributed by atoms with Crippen molar-refractivity contribution in [3.8, 4) is 17.6 Å². The van der Waals surface area contributed by atoms with Crippen molar-refractivity contribution in [2.75, 3.05) is 20.3 Å². The number of carbonyl (C=O) groups is 3. The van der Waals surface area contributed by atoms with E-state index in [1.807, 2.05) is 30.3 Å². The highest BCUT2D eigenvalue weighted by atomic mass is 32.1. The summed E-state index contributed by atoms with van der Waals surface area (Å²) in [6.45, 7) is 5.65. The van der Waals surface area contributed by atoms with Crippen LogP contribution in [0, 0.1) is 18.3 Å². The van der Waals surface area contributed by atoms with Gasteiger partial charge >= 0.3 is 11.9 Å². The quantitative estimate of drug-likeness (QED) is 0.161. The molecule has 0 aliphatic rings. The lowest BCUT2D eigenvalue weighted by Crippen LogP contribution is -2.12. The summed E-state index contributed by atoms with van der Waals surface area (Å²) in [6, 6.07) is 16.5. The maximum Gasteiger partial charge on any atom is 0.348 e. The average molecular weight is 548 g/mol. The zero-order chi connectivity index (χ0) is 28.4. The predicted octanol–water partition coefficient (Wildman–Crippen LogP) is 5.72. The van der Waals surface area contributed by atoms with E-state index in [-0.39, 0.29) is 35.6 Å². The van der Waals surface area contributed by atoms with Gasteiger partial charge in [0, 0.05) is 11.3 Å². The number of esters is 2. The van der Waals surface area contributed by atoms with Gasteiger partial charge in [0.15, 0.2) is 5.78 Å². The molecule has 0 fully saturated rings. The summed E-state index contributed by atoms with van der Waals surface area (Å²) >= 11 is 1.00. The van der Waals surface area contributed by atoms with Crippen molar-refractivity contribution in [1.82, 2.24) is 0 Å². The number of rotatable bonds is 12. The summed E-state index contributed by atoms with van der Waals surface area (Å²) in [6.07, 6.45) is 1.24. The third kappa shape index (κ3) is 7.55. The first-order valence-corrected chi connectivity index (χ1v) is 13.1. The lowest BCUT2D eigenvalue weighted by atomic mass is 10.0. The van der Waals surface area contributed by atoms with Crippen LogP contribution in [0.5, 0.6) is 11.5 Å². The Morgan fingerprint density at radius 2 is 1.54 bits per heavy atom. The first-order chi connectivity index (χ1) is 18.8. The van der Waals surface area contributed by atoms with Crippen LogP contribution in [0.3, 0.4) is 0 Å². The van der Waals surface area contributed by atoms with Crippen molar-refractivity contribution < 1.29 is 33.3 Å². The number of methoxy groups -OCH3 is 1. The minimum absolute atomic E-state index is 0.0829. The van der Waals surface area contributed by atoms with Gasteiger partial charge in [-0.15, -0.1) is 11.3 Å². The fraction of sp³-hybridized carbons (Fsp3) is 0.267. The van der Waals surface area contributed by atoms with Crippen LogP contribution in [0.4, 0.5) is 0 Å². The SMILES string of the molecule is CCOC(=O)c1sc(CC(=O)/C(C#N)=C/c2ccc(OCc3ccc(OC)cc3)cc2)c(C(=O)OCC)c1C. The van der Waals surface area contributed by atoms with Gasteiger partial charge < -0.3 is 18.9 Å². The fourth-order valence-corrected chi connectivity index (χ4v) is 4.88. The molecular weight excluding hydrogens is 518 g/mol. The van der Waals surface area contributed by atoms with Gasteiger partial charge in [-0.25, -0.2) is 9.59 Å². The Bertz CT molecular complexity index is 1400. The summed E-state index contributed by atoms with van der Waals surface area (Å²) in [4.78, 5) is 38.7. The molecule has 0 radical (unpaired) electrons. The van der Waals surface area contributed by atoms with Crippen LogP contribution in [0.2, 0.25) is 0 Å². The molecule has 2 aromatic carbocycles. The second-order valence-corrected chi connectivity index (χ2v) is 9.38. The smallest absolute Gasteiger partial charge is 0.348 e. The number of allylic oxidation sites excluding steroid dienone is 1. The van der Waals surface area contributed by atoms with Crippen molar-refractivity contribution in [3.63, 3.8) is 0 Å². The van der Waals surface area contributed by atoms with Gasteiger partial charge in [0.05, 0.1) is 31.5 Å². The van der Waals surface area contributed by atoms with E-state index in [2.05, 4.69) is 0 Å². The molecule has 0 N–H and O–H groups in total. The minimum atomic E-state index is -0.627. The second-order valence-electron chi connectivity index (χ2n) is 8.27. The third-order valence-electron chi connectivity index (χ3n) is 5.66. The van der Waals surface area contributed by atoms with E-state index >= 15 is 0 Å². The van der Waals surface area contributed by atoms with Crippen LogP contribution in [0.15, 0.2) is 54.1 Å². The van der Waals surface area contributed by atoms with Crippen molar-refractivity contribution in [2.45, 2.75) is 33.8 Å². The number of hydrogen-bond acceptors (Lipinski definition) is 9. The van der Waals surface area contributed by atoms with Crippen molar-refractivity contribution in [3.05, 3.63) is 86.1 Å². The molecule has 0 saturated carbocycles. The number of Topliss-reactive ketones (excluding diaryl/α,β-unsaturated/α-hetero) is 1. The molecule has 8 nitrogen and oxygen atoms in total. The molecular formula is C30H29NO7S. The summed E-state index contributed by atoms with van der Waals surface area (Å²) < 4.78 is 21.2.